The molecule has 2 aromatic heterocycles. The van der Waals surface area contributed by atoms with Crippen LogP contribution in [0.15, 0.2) is 49.1 Å². The molecule has 3 N–H and O–H groups in total. The topological polar surface area (TPSA) is 102 Å². The van der Waals surface area contributed by atoms with Gasteiger partial charge >= 0.3 is 5.97 Å². The number of aromatic nitrogens is 4. The molecule has 0 bridgehead atoms. The Morgan fingerprint density at radius 2 is 1.74 bits per heavy atom. The normalized spacial score (nSPS) is 20.6. The summed E-state index contributed by atoms with van der Waals surface area (Å²) in [7, 11) is 0. The highest BCUT2D eigenvalue weighted by Crippen LogP contribution is 2.48. The number of piperidine rings is 1. The molecular weight excluding hydrogens is 538 g/mol. The van der Waals surface area contributed by atoms with Crippen LogP contribution in [0.4, 0.5) is 0 Å². The van der Waals surface area contributed by atoms with Gasteiger partial charge in [0.05, 0.1) is 11.5 Å². The standard InChI is InChI=1S/C34H49N7O2/c1-26(2)24-39-18-10-33(11-19-39)12-20-40(25-33)16-3-17-41-21-15-37-31(41)29(22-30-35-13-14-36-30)38-23-27-4-6-28(7-5-27)34(8-9-34)32(42)43/h4-7,13-15,21,26,29,38H,3,8-12,16-20,22-25H2,1-2H3,(H,35,36)(H,42,43). The van der Waals surface area contributed by atoms with Crippen LogP contribution in [-0.2, 0) is 29.7 Å². The third-order valence-corrected chi connectivity index (χ3v) is 10.2. The fraction of sp³-hybridized carbons (Fsp3) is 0.618. The number of rotatable bonds is 14. The Morgan fingerprint density at radius 1 is 1.00 bits per heavy atom. The zero-order valence-corrected chi connectivity index (χ0v) is 26.0. The van der Waals surface area contributed by atoms with E-state index in [1.165, 1.54) is 52.0 Å². The summed E-state index contributed by atoms with van der Waals surface area (Å²) in [6, 6.07) is 8.08. The number of imidazole rings is 2. The molecule has 0 radical (unpaired) electrons. The van der Waals surface area contributed by atoms with Gasteiger partial charge in [0.25, 0.3) is 0 Å². The molecule has 6 rings (SSSR count). The summed E-state index contributed by atoms with van der Waals surface area (Å²) in [6.07, 6.45) is 15.0. The lowest BCUT2D eigenvalue weighted by molar-refractivity contribution is -0.140. The number of aryl methyl sites for hydroxylation is 1. The zero-order valence-electron chi connectivity index (χ0n) is 26.0. The molecular formula is C34H49N7O2. The van der Waals surface area contributed by atoms with Crippen molar-refractivity contribution in [3.63, 3.8) is 0 Å². The average molecular weight is 588 g/mol. The fourth-order valence-electron chi connectivity index (χ4n) is 7.43. The van der Waals surface area contributed by atoms with Gasteiger partial charge in [-0.15, -0.1) is 0 Å². The molecule has 3 fully saturated rings. The Balaban J connectivity index is 1.03. The van der Waals surface area contributed by atoms with Gasteiger partial charge in [0.2, 0.25) is 0 Å². The number of likely N-dealkylation sites (tertiary alicyclic amines) is 2. The van der Waals surface area contributed by atoms with E-state index in [0.717, 1.165) is 61.0 Å². The van der Waals surface area contributed by atoms with Crippen molar-refractivity contribution >= 4 is 5.97 Å². The highest BCUT2D eigenvalue weighted by atomic mass is 16.4. The summed E-state index contributed by atoms with van der Waals surface area (Å²) in [5.74, 6) is 2.01. The molecule has 43 heavy (non-hydrogen) atoms. The Morgan fingerprint density at radius 3 is 2.40 bits per heavy atom. The van der Waals surface area contributed by atoms with E-state index in [-0.39, 0.29) is 6.04 Å². The van der Waals surface area contributed by atoms with Crippen LogP contribution in [-0.4, -0.2) is 79.7 Å². The van der Waals surface area contributed by atoms with E-state index in [9.17, 15) is 9.90 Å². The molecule has 1 spiro atoms. The second-order valence-corrected chi connectivity index (χ2v) is 13.8. The minimum absolute atomic E-state index is 0.000648. The van der Waals surface area contributed by atoms with Crippen LogP contribution >= 0.6 is 0 Å². The molecule has 2 aliphatic heterocycles. The maximum atomic E-state index is 11.7. The van der Waals surface area contributed by atoms with E-state index in [0.29, 0.717) is 18.4 Å². The Kier molecular flexibility index (Phi) is 9.03. The summed E-state index contributed by atoms with van der Waals surface area (Å²) in [4.78, 5) is 29.6. The highest BCUT2D eigenvalue weighted by Gasteiger charge is 2.51. The van der Waals surface area contributed by atoms with Crippen molar-refractivity contribution < 1.29 is 9.90 Å². The van der Waals surface area contributed by atoms with Crippen molar-refractivity contribution in [1.82, 2.24) is 34.6 Å². The lowest BCUT2D eigenvalue weighted by Gasteiger charge is -2.40. The minimum atomic E-state index is -0.713. The number of aromatic amines is 1. The van der Waals surface area contributed by atoms with Crippen molar-refractivity contribution in [2.24, 2.45) is 11.3 Å². The van der Waals surface area contributed by atoms with E-state index in [4.69, 9.17) is 4.98 Å². The molecule has 1 aromatic carbocycles. The average Bonchev–Trinajstić information content (AvgIpc) is 3.28. The van der Waals surface area contributed by atoms with Crippen LogP contribution in [0.3, 0.4) is 0 Å². The van der Waals surface area contributed by atoms with E-state index >= 15 is 0 Å². The monoisotopic (exact) mass is 587 g/mol. The zero-order chi connectivity index (χ0) is 29.9. The van der Waals surface area contributed by atoms with Gasteiger partial charge in [-0.05, 0) is 87.2 Å². The molecule has 232 valence electrons. The first-order chi connectivity index (χ1) is 20.8. The second-order valence-electron chi connectivity index (χ2n) is 13.8. The van der Waals surface area contributed by atoms with Crippen LogP contribution in [0.5, 0.6) is 0 Å². The lowest BCUT2D eigenvalue weighted by Crippen LogP contribution is -2.42. The van der Waals surface area contributed by atoms with E-state index in [2.05, 4.69) is 61.8 Å². The molecule has 3 aliphatic rings. The van der Waals surface area contributed by atoms with Gasteiger partial charge in [0.1, 0.15) is 11.6 Å². The van der Waals surface area contributed by atoms with Crippen molar-refractivity contribution in [2.75, 3.05) is 39.3 Å². The molecule has 1 saturated carbocycles. The summed E-state index contributed by atoms with van der Waals surface area (Å²) in [5.41, 5.74) is 1.91. The number of carboxylic acid groups (broad SMARTS) is 1. The van der Waals surface area contributed by atoms with Gasteiger partial charge in [-0.1, -0.05) is 38.1 Å². The number of H-pyrrole nitrogens is 1. The van der Waals surface area contributed by atoms with Crippen molar-refractivity contribution in [3.05, 3.63) is 71.8 Å². The smallest absolute Gasteiger partial charge is 0.314 e. The summed E-state index contributed by atoms with van der Waals surface area (Å²) >= 11 is 0. The van der Waals surface area contributed by atoms with E-state index in [1.54, 1.807) is 6.20 Å². The number of nitrogens with zero attached hydrogens (tertiary/aromatic N) is 5. The van der Waals surface area contributed by atoms with Gasteiger partial charge in [-0.3, -0.25) is 4.79 Å². The molecule has 0 amide bonds. The first-order valence-corrected chi connectivity index (χ1v) is 16.3. The quantitative estimate of drug-likeness (QED) is 0.253. The number of hydrogen-bond acceptors (Lipinski definition) is 6. The molecule has 2 saturated heterocycles. The van der Waals surface area contributed by atoms with Crippen LogP contribution in [0, 0.1) is 11.3 Å². The van der Waals surface area contributed by atoms with Crippen molar-refractivity contribution in [2.45, 2.75) is 83.3 Å². The highest BCUT2D eigenvalue weighted by molar-refractivity contribution is 5.84. The molecule has 4 heterocycles. The second kappa shape index (κ2) is 12.9. The van der Waals surface area contributed by atoms with E-state index in [1.807, 2.05) is 24.5 Å². The molecule has 9 nitrogen and oxygen atoms in total. The first kappa shape index (κ1) is 30.0. The van der Waals surface area contributed by atoms with Gasteiger partial charge in [-0.25, -0.2) is 9.97 Å². The van der Waals surface area contributed by atoms with Crippen molar-refractivity contribution in [3.8, 4) is 0 Å². The molecule has 9 heteroatoms. The van der Waals surface area contributed by atoms with Gasteiger partial charge < -0.3 is 29.8 Å². The van der Waals surface area contributed by atoms with Crippen LogP contribution in [0.25, 0.3) is 0 Å². The SMILES string of the molecule is CC(C)CN1CCC2(CC1)CCN(CCCn1ccnc1C(Cc1ncc[nH]1)NCc1ccc(C3(C(=O)O)CC3)cc1)C2. The van der Waals surface area contributed by atoms with Crippen LogP contribution in [0.2, 0.25) is 0 Å². The molecule has 1 atom stereocenters. The number of nitrogens with one attached hydrogen (secondary N) is 2. The fourth-order valence-corrected chi connectivity index (χ4v) is 7.43. The van der Waals surface area contributed by atoms with Gasteiger partial charge in [0, 0.05) is 57.4 Å². The predicted molar refractivity (Wildman–Crippen MR) is 168 cm³/mol. The predicted octanol–water partition coefficient (Wildman–Crippen LogP) is 4.63. The third-order valence-electron chi connectivity index (χ3n) is 10.2. The Hall–Kier alpha value is -3.01. The van der Waals surface area contributed by atoms with Crippen LogP contribution in [0.1, 0.15) is 81.2 Å². The number of carboxylic acids is 1. The summed E-state index contributed by atoms with van der Waals surface area (Å²) in [5, 5.41) is 13.4. The molecule has 1 unspecified atom stereocenters. The first-order valence-electron chi connectivity index (χ1n) is 16.3. The number of benzene rings is 1. The Labute approximate surface area is 256 Å². The van der Waals surface area contributed by atoms with Gasteiger partial charge in [-0.2, -0.15) is 0 Å². The number of hydrogen-bond donors (Lipinski definition) is 3. The number of aliphatic carboxylic acids is 1. The van der Waals surface area contributed by atoms with Crippen LogP contribution < -0.4 is 5.32 Å². The minimum Gasteiger partial charge on any atom is -0.481 e. The largest absolute Gasteiger partial charge is 0.481 e. The maximum Gasteiger partial charge on any atom is 0.314 e. The third kappa shape index (κ3) is 7.05. The maximum absolute atomic E-state index is 11.7. The Bertz CT molecular complexity index is 1320. The molecule has 1 aliphatic carbocycles. The summed E-state index contributed by atoms with van der Waals surface area (Å²) in [6.45, 7) is 13.7. The van der Waals surface area contributed by atoms with Gasteiger partial charge in [0.15, 0.2) is 0 Å². The molecule has 3 aromatic rings. The van der Waals surface area contributed by atoms with E-state index < -0.39 is 11.4 Å². The number of carbonyl (C=O) groups is 1. The lowest BCUT2D eigenvalue weighted by atomic mass is 9.77. The summed E-state index contributed by atoms with van der Waals surface area (Å²) < 4.78 is 2.31. The van der Waals surface area contributed by atoms with Crippen molar-refractivity contribution in [1.29, 1.82) is 0 Å².